The van der Waals surface area contributed by atoms with E-state index in [1.165, 1.54) is 120 Å². The molecule has 4 fully saturated rings. The summed E-state index contributed by atoms with van der Waals surface area (Å²) < 4.78 is 0. The second-order valence-corrected chi connectivity index (χ2v) is 18.0. The van der Waals surface area contributed by atoms with Crippen molar-refractivity contribution in [2.45, 2.75) is 37.5 Å². The maximum Gasteiger partial charge on any atom is 0.0272 e. The van der Waals surface area contributed by atoms with Gasteiger partial charge in [0, 0.05) is 5.41 Å². The van der Waals surface area contributed by atoms with E-state index < -0.39 is 0 Å². The minimum absolute atomic E-state index is 0.134. The molecule has 276 valence electrons. The fraction of sp³-hybridized carbons (Fsp3) is 0.172. The third-order valence-electron chi connectivity index (χ3n) is 15.2. The van der Waals surface area contributed by atoms with E-state index in [-0.39, 0.29) is 5.41 Å². The standard InChI is InChI=1S/C58H44/c1-3-13-38(14-4-1)42-32-43(39-15-5-2-6-16-39)34-44(33-42)56-50-21-11-9-19-48(50)55(49-20-10-12-22-51(49)56)41-24-25-53-52(35-41)57-47-18-8-7-17-40(47)23-26-54(57)58(53)45-28-36-27-37(30-45)31-46(58)29-36/h1-26,32-37,45-46H,27-31H2. The molecule has 0 heteroatoms. The van der Waals surface area contributed by atoms with Gasteiger partial charge in [0.25, 0.3) is 0 Å². The molecule has 0 aromatic heterocycles. The molecule has 0 N–H and O–H groups in total. The molecule has 1 spiro atoms. The lowest BCUT2D eigenvalue weighted by Crippen LogP contribution is -2.55. The Labute approximate surface area is 340 Å². The monoisotopic (exact) mass is 740 g/mol. The maximum absolute atomic E-state index is 2.62. The lowest BCUT2D eigenvalue weighted by atomic mass is 9.43. The summed E-state index contributed by atoms with van der Waals surface area (Å²) in [5.41, 5.74) is 16.5. The van der Waals surface area contributed by atoms with E-state index in [4.69, 9.17) is 0 Å². The Kier molecular flexibility index (Phi) is 7.00. The molecule has 4 bridgehead atoms. The molecule has 0 aliphatic heterocycles. The quantitative estimate of drug-likeness (QED) is 0.158. The third-order valence-corrected chi connectivity index (χ3v) is 15.2. The Morgan fingerprint density at radius 1 is 0.310 bits per heavy atom. The van der Waals surface area contributed by atoms with Gasteiger partial charge in [-0.25, -0.2) is 0 Å². The molecule has 0 unspecified atom stereocenters. The molecule has 14 rings (SSSR count). The number of hydrogen-bond donors (Lipinski definition) is 0. The first-order valence-electron chi connectivity index (χ1n) is 21.6. The largest absolute Gasteiger partial charge is 0.0622 e. The first kappa shape index (κ1) is 32.8. The highest BCUT2D eigenvalue weighted by Crippen LogP contribution is 2.70. The molecule has 5 aliphatic rings. The van der Waals surface area contributed by atoms with Gasteiger partial charge in [-0.2, -0.15) is 0 Å². The van der Waals surface area contributed by atoms with Crippen LogP contribution in [0.2, 0.25) is 0 Å². The first-order chi connectivity index (χ1) is 28.7. The van der Waals surface area contributed by atoms with E-state index in [1.807, 2.05) is 0 Å². The van der Waals surface area contributed by atoms with Crippen LogP contribution in [0.25, 0.3) is 88.0 Å². The zero-order valence-corrected chi connectivity index (χ0v) is 32.7. The molecule has 0 radical (unpaired) electrons. The molecule has 9 aromatic carbocycles. The zero-order chi connectivity index (χ0) is 38.0. The van der Waals surface area contributed by atoms with Crippen LogP contribution in [0.4, 0.5) is 0 Å². The molecule has 0 saturated heterocycles. The van der Waals surface area contributed by atoms with Crippen LogP contribution in [-0.2, 0) is 5.41 Å². The van der Waals surface area contributed by atoms with Gasteiger partial charge in [0.1, 0.15) is 0 Å². The van der Waals surface area contributed by atoms with Gasteiger partial charge in [-0.1, -0.05) is 158 Å². The molecule has 9 aromatic rings. The Balaban J connectivity index is 1.07. The van der Waals surface area contributed by atoms with E-state index in [0.717, 1.165) is 23.7 Å². The normalized spacial score (nSPS) is 22.6. The number of rotatable bonds is 4. The van der Waals surface area contributed by atoms with Crippen molar-refractivity contribution >= 4 is 32.3 Å². The number of hydrogen-bond acceptors (Lipinski definition) is 0. The van der Waals surface area contributed by atoms with Gasteiger partial charge in [-0.15, -0.1) is 0 Å². The average Bonchev–Trinajstić information content (AvgIpc) is 3.58. The molecular weight excluding hydrogens is 697 g/mol. The van der Waals surface area contributed by atoms with E-state index in [1.54, 1.807) is 11.1 Å². The fourth-order valence-electron chi connectivity index (χ4n) is 13.2. The molecule has 0 atom stereocenters. The minimum atomic E-state index is 0.134. The summed E-state index contributed by atoms with van der Waals surface area (Å²) in [6, 6.07) is 69.2. The van der Waals surface area contributed by atoms with Gasteiger partial charge in [0.2, 0.25) is 0 Å². The highest BCUT2D eigenvalue weighted by Gasteiger charge is 2.61. The molecule has 0 heterocycles. The smallest absolute Gasteiger partial charge is 0.0272 e. The summed E-state index contributed by atoms with van der Waals surface area (Å²) in [7, 11) is 0. The van der Waals surface area contributed by atoms with Crippen molar-refractivity contribution in [2.75, 3.05) is 0 Å². The minimum Gasteiger partial charge on any atom is -0.0622 e. The molecule has 0 amide bonds. The van der Waals surface area contributed by atoms with Crippen molar-refractivity contribution < 1.29 is 0 Å². The van der Waals surface area contributed by atoms with Crippen LogP contribution in [0.1, 0.15) is 43.2 Å². The molecule has 4 saturated carbocycles. The van der Waals surface area contributed by atoms with Crippen LogP contribution in [0.3, 0.4) is 0 Å². The Hall–Kier alpha value is -6.24. The predicted octanol–water partition coefficient (Wildman–Crippen LogP) is 15.5. The summed E-state index contributed by atoms with van der Waals surface area (Å²) in [6.45, 7) is 0. The Bertz CT molecular complexity index is 2970. The van der Waals surface area contributed by atoms with Crippen molar-refractivity contribution in [1.82, 2.24) is 0 Å². The highest BCUT2D eigenvalue weighted by atomic mass is 14.6. The molecular formula is C58H44. The molecule has 0 nitrogen and oxygen atoms in total. The Morgan fingerprint density at radius 3 is 1.34 bits per heavy atom. The van der Waals surface area contributed by atoms with Crippen LogP contribution >= 0.6 is 0 Å². The van der Waals surface area contributed by atoms with Crippen LogP contribution < -0.4 is 0 Å². The maximum atomic E-state index is 2.62. The second-order valence-electron chi connectivity index (χ2n) is 18.0. The number of fused-ring (bicyclic) bond motifs is 7. The SMILES string of the molecule is c1ccc(-c2cc(-c3ccccc3)cc(-c3c4ccccc4c(-c4ccc5c(c4)-c4c(ccc6ccccc46)C54C5CC6CC(C5)CC4C6)c4ccccc34)c2)cc1. The van der Waals surface area contributed by atoms with Gasteiger partial charge >= 0.3 is 0 Å². The summed E-state index contributed by atoms with van der Waals surface area (Å²) in [6.07, 6.45) is 7.06. The van der Waals surface area contributed by atoms with Crippen molar-refractivity contribution in [2.24, 2.45) is 23.7 Å². The van der Waals surface area contributed by atoms with Crippen molar-refractivity contribution in [3.63, 3.8) is 0 Å². The molecule has 5 aliphatic carbocycles. The van der Waals surface area contributed by atoms with Gasteiger partial charge in [0.15, 0.2) is 0 Å². The van der Waals surface area contributed by atoms with Gasteiger partial charge in [-0.05, 0) is 179 Å². The van der Waals surface area contributed by atoms with Crippen LogP contribution in [0.5, 0.6) is 0 Å². The Morgan fingerprint density at radius 2 is 0.776 bits per heavy atom. The van der Waals surface area contributed by atoms with E-state index in [2.05, 4.69) is 182 Å². The van der Waals surface area contributed by atoms with E-state index in [9.17, 15) is 0 Å². The van der Waals surface area contributed by atoms with Crippen LogP contribution in [0.15, 0.2) is 182 Å². The summed E-state index contributed by atoms with van der Waals surface area (Å²) >= 11 is 0. The second kappa shape index (κ2) is 12.4. The third kappa shape index (κ3) is 4.58. The summed E-state index contributed by atoms with van der Waals surface area (Å²) in [5, 5.41) is 7.98. The lowest BCUT2D eigenvalue weighted by molar-refractivity contribution is -0.0399. The lowest BCUT2D eigenvalue weighted by Gasteiger charge is -2.61. The topological polar surface area (TPSA) is 0 Å². The van der Waals surface area contributed by atoms with Crippen LogP contribution in [-0.4, -0.2) is 0 Å². The summed E-state index contributed by atoms with van der Waals surface area (Å²) in [4.78, 5) is 0. The van der Waals surface area contributed by atoms with E-state index in [0.29, 0.717) is 0 Å². The van der Waals surface area contributed by atoms with Gasteiger partial charge in [-0.3, -0.25) is 0 Å². The zero-order valence-electron chi connectivity index (χ0n) is 32.7. The van der Waals surface area contributed by atoms with Crippen molar-refractivity contribution in [1.29, 1.82) is 0 Å². The number of benzene rings is 9. The highest BCUT2D eigenvalue weighted by molar-refractivity contribution is 6.22. The van der Waals surface area contributed by atoms with Gasteiger partial charge in [0.05, 0.1) is 0 Å². The summed E-state index contributed by atoms with van der Waals surface area (Å²) in [5.74, 6) is 3.33. The fourth-order valence-corrected chi connectivity index (χ4v) is 13.2. The average molecular weight is 741 g/mol. The van der Waals surface area contributed by atoms with Gasteiger partial charge < -0.3 is 0 Å². The first-order valence-corrected chi connectivity index (χ1v) is 21.6. The van der Waals surface area contributed by atoms with Crippen molar-refractivity contribution in [3.8, 4) is 55.6 Å². The predicted molar refractivity (Wildman–Crippen MR) is 244 cm³/mol. The van der Waals surface area contributed by atoms with E-state index >= 15 is 0 Å². The molecule has 58 heavy (non-hydrogen) atoms. The van der Waals surface area contributed by atoms with Crippen molar-refractivity contribution in [3.05, 3.63) is 193 Å². The van der Waals surface area contributed by atoms with Crippen LogP contribution in [0, 0.1) is 23.7 Å².